The fourth-order valence-electron chi connectivity index (χ4n) is 1.53. The number of halogens is 1. The van der Waals surface area contributed by atoms with Crippen molar-refractivity contribution in [2.24, 2.45) is 0 Å². The highest BCUT2D eigenvalue weighted by atomic mass is 35.5. The summed E-state index contributed by atoms with van der Waals surface area (Å²) in [4.78, 5) is 19.2. The third-order valence-electron chi connectivity index (χ3n) is 2.29. The monoisotopic (exact) mass is 282 g/mol. The van der Waals surface area contributed by atoms with Crippen LogP contribution in [0.5, 0.6) is 0 Å². The second-order valence-electron chi connectivity index (χ2n) is 3.73. The third kappa shape index (κ3) is 3.11. The Balaban J connectivity index is 2.35. The molecule has 1 aromatic carbocycles. The minimum absolute atomic E-state index is 0.107. The first-order valence-electron chi connectivity index (χ1n) is 5.35. The molecule has 0 unspecified atom stereocenters. The number of aliphatic carboxylic acids is 1. The highest BCUT2D eigenvalue weighted by Crippen LogP contribution is 2.27. The van der Waals surface area contributed by atoms with Gasteiger partial charge in [0.05, 0.1) is 11.9 Å². The first-order valence-corrected chi connectivity index (χ1v) is 6.71. The molecule has 0 saturated heterocycles. The number of nitrogens with zero attached hydrogens (tertiary/aromatic N) is 2. The number of carboxylic acid groups (broad SMARTS) is 1. The number of benzene rings is 1. The Morgan fingerprint density at radius 1 is 1.44 bits per heavy atom. The van der Waals surface area contributed by atoms with Crippen LogP contribution in [0.2, 0.25) is 5.02 Å². The van der Waals surface area contributed by atoms with Crippen LogP contribution in [-0.4, -0.2) is 26.8 Å². The molecule has 2 aromatic rings. The number of hydrogen-bond acceptors (Lipinski definition) is 4. The molecular formula is C12H11ClN2O2S. The number of aromatic nitrogens is 2. The Morgan fingerprint density at radius 2 is 2.22 bits per heavy atom. The zero-order chi connectivity index (χ0) is 13.1. The lowest BCUT2D eigenvalue weighted by molar-refractivity contribution is -0.136. The van der Waals surface area contributed by atoms with Gasteiger partial charge in [-0.3, -0.25) is 4.79 Å². The van der Waals surface area contributed by atoms with E-state index >= 15 is 0 Å². The SMILES string of the molecule is Cc1nc(SCCC(=O)O)c2cc(Cl)ccc2n1. The summed E-state index contributed by atoms with van der Waals surface area (Å²) >= 11 is 7.37. The molecule has 0 aliphatic carbocycles. The Bertz CT molecular complexity index is 604. The molecule has 18 heavy (non-hydrogen) atoms. The number of aryl methyl sites for hydroxylation is 1. The summed E-state index contributed by atoms with van der Waals surface area (Å²) in [5.74, 6) is 0.339. The first kappa shape index (κ1) is 13.1. The normalized spacial score (nSPS) is 10.8. The third-order valence-corrected chi connectivity index (χ3v) is 3.52. The van der Waals surface area contributed by atoms with E-state index in [0.29, 0.717) is 16.6 Å². The van der Waals surface area contributed by atoms with Crippen LogP contribution in [0.4, 0.5) is 0 Å². The molecule has 0 amide bonds. The molecule has 0 aliphatic rings. The topological polar surface area (TPSA) is 63.1 Å². The summed E-state index contributed by atoms with van der Waals surface area (Å²) in [6.07, 6.45) is 0.107. The molecule has 0 fully saturated rings. The van der Waals surface area contributed by atoms with Crippen LogP contribution >= 0.6 is 23.4 Å². The molecule has 94 valence electrons. The molecule has 0 saturated carbocycles. The van der Waals surface area contributed by atoms with Gasteiger partial charge in [0.1, 0.15) is 10.9 Å². The summed E-state index contributed by atoms with van der Waals surface area (Å²) in [7, 11) is 0. The average Bonchev–Trinajstić information content (AvgIpc) is 2.29. The quantitative estimate of drug-likeness (QED) is 0.689. The number of carbonyl (C=O) groups is 1. The van der Waals surface area contributed by atoms with E-state index in [0.717, 1.165) is 15.9 Å². The van der Waals surface area contributed by atoms with Gasteiger partial charge in [0.15, 0.2) is 0 Å². The number of hydrogen-bond donors (Lipinski definition) is 1. The van der Waals surface area contributed by atoms with Gasteiger partial charge in [-0.25, -0.2) is 9.97 Å². The van der Waals surface area contributed by atoms with E-state index in [-0.39, 0.29) is 6.42 Å². The standard InChI is InChI=1S/C12H11ClN2O2S/c1-7-14-10-3-2-8(13)6-9(10)12(15-7)18-5-4-11(16)17/h2-3,6H,4-5H2,1H3,(H,16,17). The van der Waals surface area contributed by atoms with Crippen LogP contribution in [-0.2, 0) is 4.79 Å². The molecule has 4 nitrogen and oxygen atoms in total. The van der Waals surface area contributed by atoms with Gasteiger partial charge in [-0.1, -0.05) is 11.6 Å². The maximum absolute atomic E-state index is 10.5. The Labute approximate surface area is 113 Å². The van der Waals surface area contributed by atoms with Crippen molar-refractivity contribution in [1.82, 2.24) is 9.97 Å². The fourth-order valence-corrected chi connectivity index (χ4v) is 2.69. The van der Waals surface area contributed by atoms with Crippen molar-refractivity contribution in [3.63, 3.8) is 0 Å². The average molecular weight is 283 g/mol. The highest BCUT2D eigenvalue weighted by molar-refractivity contribution is 7.99. The summed E-state index contributed by atoms with van der Waals surface area (Å²) in [6, 6.07) is 5.43. The molecule has 2 rings (SSSR count). The Morgan fingerprint density at radius 3 is 2.94 bits per heavy atom. The van der Waals surface area contributed by atoms with Gasteiger partial charge in [-0.15, -0.1) is 11.8 Å². The van der Waals surface area contributed by atoms with Crippen LogP contribution in [0.25, 0.3) is 10.9 Å². The van der Waals surface area contributed by atoms with E-state index < -0.39 is 5.97 Å². The van der Waals surface area contributed by atoms with Crippen LogP contribution in [0.15, 0.2) is 23.2 Å². The number of thioether (sulfide) groups is 1. The first-order chi connectivity index (χ1) is 8.56. The van der Waals surface area contributed by atoms with E-state index in [1.165, 1.54) is 11.8 Å². The molecule has 0 aliphatic heterocycles. The largest absolute Gasteiger partial charge is 0.481 e. The summed E-state index contributed by atoms with van der Waals surface area (Å²) in [5, 5.41) is 10.9. The van der Waals surface area contributed by atoms with Crippen molar-refractivity contribution >= 4 is 40.2 Å². The van der Waals surface area contributed by atoms with Crippen molar-refractivity contribution in [2.45, 2.75) is 18.4 Å². The van der Waals surface area contributed by atoms with E-state index in [9.17, 15) is 4.79 Å². The Kier molecular flexibility index (Phi) is 4.04. The molecule has 1 N–H and O–H groups in total. The lowest BCUT2D eigenvalue weighted by Crippen LogP contribution is -1.98. The van der Waals surface area contributed by atoms with Crippen LogP contribution in [0.3, 0.4) is 0 Å². The van der Waals surface area contributed by atoms with E-state index in [1.54, 1.807) is 12.1 Å². The number of carboxylic acids is 1. The zero-order valence-electron chi connectivity index (χ0n) is 9.68. The van der Waals surface area contributed by atoms with Gasteiger partial charge in [0.2, 0.25) is 0 Å². The van der Waals surface area contributed by atoms with Crippen molar-refractivity contribution in [3.8, 4) is 0 Å². The molecule has 0 atom stereocenters. The molecule has 1 heterocycles. The van der Waals surface area contributed by atoms with Gasteiger partial charge >= 0.3 is 5.97 Å². The maximum atomic E-state index is 10.5. The lowest BCUT2D eigenvalue weighted by Gasteiger charge is -2.06. The van der Waals surface area contributed by atoms with Crippen molar-refractivity contribution in [3.05, 3.63) is 29.0 Å². The molecule has 0 bridgehead atoms. The summed E-state index contributed by atoms with van der Waals surface area (Å²) in [5.41, 5.74) is 0.824. The van der Waals surface area contributed by atoms with Crippen molar-refractivity contribution in [1.29, 1.82) is 0 Å². The predicted octanol–water partition coefficient (Wildman–Crippen LogP) is 3.16. The number of rotatable bonds is 4. The van der Waals surface area contributed by atoms with Crippen LogP contribution in [0, 0.1) is 6.92 Å². The fraction of sp³-hybridized carbons (Fsp3) is 0.250. The van der Waals surface area contributed by atoms with E-state index in [2.05, 4.69) is 9.97 Å². The Hall–Kier alpha value is -1.33. The minimum atomic E-state index is -0.810. The maximum Gasteiger partial charge on any atom is 0.304 e. The van der Waals surface area contributed by atoms with Gasteiger partial charge in [0, 0.05) is 16.2 Å². The summed E-state index contributed by atoms with van der Waals surface area (Å²) < 4.78 is 0. The van der Waals surface area contributed by atoms with Gasteiger partial charge < -0.3 is 5.11 Å². The van der Waals surface area contributed by atoms with Crippen LogP contribution in [0.1, 0.15) is 12.2 Å². The molecular weight excluding hydrogens is 272 g/mol. The van der Waals surface area contributed by atoms with Gasteiger partial charge in [-0.05, 0) is 25.1 Å². The predicted molar refractivity (Wildman–Crippen MR) is 72.3 cm³/mol. The van der Waals surface area contributed by atoms with Crippen molar-refractivity contribution in [2.75, 3.05) is 5.75 Å². The molecule has 0 spiro atoms. The second kappa shape index (κ2) is 5.54. The van der Waals surface area contributed by atoms with Crippen LogP contribution < -0.4 is 0 Å². The highest BCUT2D eigenvalue weighted by Gasteiger charge is 2.08. The minimum Gasteiger partial charge on any atom is -0.481 e. The lowest BCUT2D eigenvalue weighted by atomic mass is 10.2. The van der Waals surface area contributed by atoms with Gasteiger partial charge in [-0.2, -0.15) is 0 Å². The van der Waals surface area contributed by atoms with Gasteiger partial charge in [0.25, 0.3) is 0 Å². The van der Waals surface area contributed by atoms with E-state index in [1.807, 2.05) is 13.0 Å². The molecule has 0 radical (unpaired) electrons. The summed E-state index contributed by atoms with van der Waals surface area (Å²) in [6.45, 7) is 1.81. The molecule has 6 heteroatoms. The number of fused-ring (bicyclic) bond motifs is 1. The molecule has 1 aromatic heterocycles. The van der Waals surface area contributed by atoms with E-state index in [4.69, 9.17) is 16.7 Å². The van der Waals surface area contributed by atoms with Crippen molar-refractivity contribution < 1.29 is 9.90 Å². The second-order valence-corrected chi connectivity index (χ2v) is 5.25. The zero-order valence-corrected chi connectivity index (χ0v) is 11.3. The smallest absolute Gasteiger partial charge is 0.304 e.